The number of hydrogen-bond donors (Lipinski definition) is 1. The maximum absolute atomic E-state index is 12.9. The summed E-state index contributed by atoms with van der Waals surface area (Å²) in [7, 11) is 0. The second-order valence-corrected chi connectivity index (χ2v) is 7.02. The van der Waals surface area contributed by atoms with Gasteiger partial charge in [-0.2, -0.15) is 0 Å². The number of amides is 2. The molecule has 0 unspecified atom stereocenters. The van der Waals surface area contributed by atoms with E-state index < -0.39 is 0 Å². The van der Waals surface area contributed by atoms with E-state index >= 15 is 0 Å². The number of thiazole rings is 1. The summed E-state index contributed by atoms with van der Waals surface area (Å²) < 4.78 is 12.9. The van der Waals surface area contributed by atoms with Crippen LogP contribution in [-0.2, 0) is 16.0 Å². The number of halogens is 1. The van der Waals surface area contributed by atoms with Crippen LogP contribution in [0.1, 0.15) is 43.6 Å². The number of hydrogen-bond acceptors (Lipinski definition) is 4. The molecule has 1 aromatic heterocycles. The summed E-state index contributed by atoms with van der Waals surface area (Å²) in [6.07, 6.45) is 3.55. The highest BCUT2D eigenvalue weighted by Crippen LogP contribution is 2.21. The molecular formula is C19H24FN3O2S. The van der Waals surface area contributed by atoms with Crippen LogP contribution in [0, 0.1) is 5.82 Å². The molecule has 5 nitrogen and oxygen atoms in total. The van der Waals surface area contributed by atoms with E-state index in [1.165, 1.54) is 23.5 Å². The monoisotopic (exact) mass is 377 g/mol. The lowest BCUT2D eigenvalue weighted by atomic mass is 10.1. The molecule has 0 aliphatic rings. The Hall–Kier alpha value is -2.28. The van der Waals surface area contributed by atoms with E-state index in [1.807, 2.05) is 13.8 Å². The highest BCUT2D eigenvalue weighted by atomic mass is 32.1. The molecule has 26 heavy (non-hydrogen) atoms. The van der Waals surface area contributed by atoms with Crippen molar-refractivity contribution in [3.05, 3.63) is 46.7 Å². The van der Waals surface area contributed by atoms with Gasteiger partial charge in [0.2, 0.25) is 11.8 Å². The molecule has 0 bridgehead atoms. The third kappa shape index (κ3) is 6.22. The quantitative estimate of drug-likeness (QED) is 0.722. The van der Waals surface area contributed by atoms with Crippen molar-refractivity contribution in [1.29, 1.82) is 0 Å². The van der Waals surface area contributed by atoms with Crippen molar-refractivity contribution < 1.29 is 14.0 Å². The molecule has 0 aliphatic carbocycles. The number of aromatic nitrogens is 1. The molecule has 0 spiro atoms. The van der Waals surface area contributed by atoms with Gasteiger partial charge in [-0.3, -0.25) is 9.59 Å². The first-order valence-corrected chi connectivity index (χ1v) is 9.60. The normalized spacial score (nSPS) is 10.6. The molecule has 0 fully saturated rings. The van der Waals surface area contributed by atoms with E-state index in [2.05, 4.69) is 10.3 Å². The van der Waals surface area contributed by atoms with Gasteiger partial charge in [0.05, 0.1) is 0 Å². The van der Waals surface area contributed by atoms with E-state index in [-0.39, 0.29) is 17.6 Å². The van der Waals surface area contributed by atoms with Gasteiger partial charge >= 0.3 is 0 Å². The van der Waals surface area contributed by atoms with E-state index in [9.17, 15) is 14.0 Å². The van der Waals surface area contributed by atoms with E-state index in [1.54, 1.807) is 23.2 Å². The van der Waals surface area contributed by atoms with Gasteiger partial charge in [-0.1, -0.05) is 12.1 Å². The first-order valence-electron chi connectivity index (χ1n) is 8.78. The molecule has 1 N–H and O–H groups in total. The molecule has 7 heteroatoms. The zero-order chi connectivity index (χ0) is 18.9. The highest BCUT2D eigenvalue weighted by molar-refractivity contribution is 7.15. The van der Waals surface area contributed by atoms with Crippen LogP contribution in [0.25, 0.3) is 0 Å². The van der Waals surface area contributed by atoms with Crippen molar-refractivity contribution in [2.75, 3.05) is 18.4 Å². The predicted molar refractivity (Wildman–Crippen MR) is 102 cm³/mol. The zero-order valence-corrected chi connectivity index (χ0v) is 15.9. The van der Waals surface area contributed by atoms with Crippen molar-refractivity contribution in [2.45, 2.75) is 39.5 Å². The van der Waals surface area contributed by atoms with Crippen LogP contribution in [0.3, 0.4) is 0 Å². The number of carbonyl (C=O) groups is 2. The number of nitrogens with one attached hydrogen (secondary N) is 1. The van der Waals surface area contributed by atoms with Gasteiger partial charge in [0.15, 0.2) is 5.13 Å². The summed E-state index contributed by atoms with van der Waals surface area (Å²) in [6.45, 7) is 5.27. The van der Waals surface area contributed by atoms with Crippen molar-refractivity contribution in [2.24, 2.45) is 0 Å². The topological polar surface area (TPSA) is 62.3 Å². The average molecular weight is 377 g/mol. The Bertz CT molecular complexity index is 727. The fourth-order valence-electron chi connectivity index (χ4n) is 2.57. The third-order valence-electron chi connectivity index (χ3n) is 4.00. The fourth-order valence-corrected chi connectivity index (χ4v) is 3.43. The van der Waals surface area contributed by atoms with Gasteiger partial charge in [-0.15, -0.1) is 11.3 Å². The first-order chi connectivity index (χ1) is 12.5. The molecule has 2 aromatic rings. The van der Waals surface area contributed by atoms with E-state index in [0.717, 1.165) is 10.4 Å². The van der Waals surface area contributed by atoms with Crippen LogP contribution < -0.4 is 5.32 Å². The van der Waals surface area contributed by atoms with Crippen LogP contribution in [0.5, 0.6) is 0 Å². The highest BCUT2D eigenvalue weighted by Gasteiger charge is 2.11. The van der Waals surface area contributed by atoms with Crippen molar-refractivity contribution in [1.82, 2.24) is 9.88 Å². The van der Waals surface area contributed by atoms with Gasteiger partial charge < -0.3 is 10.2 Å². The van der Waals surface area contributed by atoms with Crippen LogP contribution in [0.15, 0.2) is 30.5 Å². The molecular weight excluding hydrogens is 353 g/mol. The minimum absolute atomic E-state index is 0.0821. The van der Waals surface area contributed by atoms with E-state index in [4.69, 9.17) is 0 Å². The number of nitrogens with zero attached hydrogens (tertiary/aromatic N) is 2. The van der Waals surface area contributed by atoms with Crippen molar-refractivity contribution in [3.63, 3.8) is 0 Å². The molecule has 0 radical (unpaired) electrons. The number of anilines is 1. The van der Waals surface area contributed by atoms with Crippen LogP contribution in [0.4, 0.5) is 9.52 Å². The standard InChI is InChI=1S/C19H24FN3O2S/c1-3-23(4-2)18(25)7-5-6-17(24)22-19-21-13-16(26-19)12-14-8-10-15(20)11-9-14/h8-11,13H,3-7,12H2,1-2H3,(H,21,22,24). The van der Waals surface area contributed by atoms with Gasteiger partial charge in [-0.25, -0.2) is 9.37 Å². The molecule has 2 rings (SSSR count). The summed E-state index contributed by atoms with van der Waals surface area (Å²) in [5.74, 6) is -0.316. The summed E-state index contributed by atoms with van der Waals surface area (Å²) in [4.78, 5) is 30.9. The zero-order valence-electron chi connectivity index (χ0n) is 15.1. The van der Waals surface area contributed by atoms with Crippen molar-refractivity contribution >= 4 is 28.3 Å². The lowest BCUT2D eigenvalue weighted by Gasteiger charge is -2.18. The Morgan fingerprint density at radius 2 is 1.85 bits per heavy atom. The van der Waals surface area contributed by atoms with Crippen LogP contribution in [-0.4, -0.2) is 34.8 Å². The summed E-state index contributed by atoms with van der Waals surface area (Å²) >= 11 is 1.40. The molecule has 0 aliphatic heterocycles. The molecule has 0 atom stereocenters. The predicted octanol–water partition coefficient (Wildman–Crippen LogP) is 3.85. The largest absolute Gasteiger partial charge is 0.343 e. The molecule has 0 saturated heterocycles. The Balaban J connectivity index is 1.76. The second kappa shape index (κ2) is 10.0. The Labute approximate surface area is 157 Å². The minimum Gasteiger partial charge on any atom is -0.343 e. The fraction of sp³-hybridized carbons (Fsp3) is 0.421. The van der Waals surface area contributed by atoms with Gasteiger partial charge in [0.25, 0.3) is 0 Å². The summed E-state index contributed by atoms with van der Waals surface area (Å²) in [6, 6.07) is 6.33. The molecule has 1 aromatic carbocycles. The van der Waals surface area contributed by atoms with Gasteiger partial charge in [0.1, 0.15) is 5.82 Å². The lowest BCUT2D eigenvalue weighted by molar-refractivity contribution is -0.130. The SMILES string of the molecule is CCN(CC)C(=O)CCCC(=O)Nc1ncc(Cc2ccc(F)cc2)s1. The maximum atomic E-state index is 12.9. The Morgan fingerprint density at radius 1 is 1.15 bits per heavy atom. The van der Waals surface area contributed by atoms with Crippen LogP contribution >= 0.6 is 11.3 Å². The minimum atomic E-state index is -0.259. The van der Waals surface area contributed by atoms with Crippen molar-refractivity contribution in [3.8, 4) is 0 Å². The first kappa shape index (κ1) is 20.0. The Kier molecular flexibility index (Phi) is 7.72. The lowest BCUT2D eigenvalue weighted by Crippen LogP contribution is -2.30. The molecule has 0 saturated carbocycles. The van der Waals surface area contributed by atoms with Crippen LogP contribution in [0.2, 0.25) is 0 Å². The summed E-state index contributed by atoms with van der Waals surface area (Å²) in [5.41, 5.74) is 0.989. The smallest absolute Gasteiger partial charge is 0.226 e. The maximum Gasteiger partial charge on any atom is 0.226 e. The third-order valence-corrected chi connectivity index (χ3v) is 4.91. The summed E-state index contributed by atoms with van der Waals surface area (Å²) in [5, 5.41) is 3.32. The molecule has 140 valence electrons. The molecule has 1 heterocycles. The Morgan fingerprint density at radius 3 is 2.50 bits per heavy atom. The van der Waals surface area contributed by atoms with E-state index in [0.29, 0.717) is 43.9 Å². The van der Waals surface area contributed by atoms with Gasteiger partial charge in [0, 0.05) is 43.4 Å². The number of benzene rings is 1. The van der Waals surface area contributed by atoms with Gasteiger partial charge in [-0.05, 0) is 38.0 Å². The molecule has 2 amide bonds. The number of rotatable bonds is 9. The number of carbonyl (C=O) groups excluding carboxylic acids is 2. The average Bonchev–Trinajstić information content (AvgIpc) is 3.05. The second-order valence-electron chi connectivity index (χ2n) is 5.90.